The molecule has 0 N–H and O–H groups in total. The van der Waals surface area contributed by atoms with Crippen LogP contribution in [-0.4, -0.2) is 5.91 Å². The lowest BCUT2D eigenvalue weighted by Gasteiger charge is -2.12. The molecule has 1 atom stereocenters. The Bertz CT molecular complexity index is 460. The van der Waals surface area contributed by atoms with Gasteiger partial charge in [-0.3, -0.25) is 4.79 Å². The van der Waals surface area contributed by atoms with E-state index in [0.29, 0.717) is 6.42 Å². The minimum atomic E-state index is -0.598. The zero-order chi connectivity index (χ0) is 11.4. The van der Waals surface area contributed by atoms with E-state index >= 15 is 0 Å². The Morgan fingerprint density at radius 3 is 2.56 bits per heavy atom. The monoisotopic (exact) mass is 213 g/mol. The summed E-state index contributed by atoms with van der Waals surface area (Å²) in [6, 6.07) is 9.91. The Hall–Kier alpha value is -2.03. The lowest BCUT2D eigenvalue weighted by Crippen LogP contribution is -2.10. The molecule has 3 heteroatoms. The van der Waals surface area contributed by atoms with Crippen molar-refractivity contribution < 1.29 is 4.79 Å². The fourth-order valence-corrected chi connectivity index (χ4v) is 1.72. The molecule has 0 fully saturated rings. The van der Waals surface area contributed by atoms with Crippen molar-refractivity contribution in [1.29, 1.82) is 0 Å². The van der Waals surface area contributed by atoms with E-state index in [4.69, 9.17) is 0 Å². The highest BCUT2D eigenvalue weighted by Gasteiger charge is 2.17. The van der Waals surface area contributed by atoms with Crippen LogP contribution in [0, 0.1) is 10.8 Å². The van der Waals surface area contributed by atoms with Crippen molar-refractivity contribution in [1.82, 2.24) is 0 Å². The highest BCUT2D eigenvalue weighted by atomic mass is 16.3. The van der Waals surface area contributed by atoms with Gasteiger partial charge >= 0.3 is 0 Å². The van der Waals surface area contributed by atoms with Crippen LogP contribution in [0.4, 0.5) is 0 Å². The molecule has 0 saturated carbocycles. The van der Waals surface area contributed by atoms with Gasteiger partial charge in [0.2, 0.25) is 0 Å². The molecule has 1 aliphatic rings. The number of hydrogen-bond donors (Lipinski definition) is 0. The average Bonchev–Trinajstić information content (AvgIpc) is 2.39. The Balaban J connectivity index is 2.14. The third-order valence-corrected chi connectivity index (χ3v) is 2.61. The summed E-state index contributed by atoms with van der Waals surface area (Å²) >= 11 is 0. The van der Waals surface area contributed by atoms with E-state index < -0.39 is 5.91 Å². The van der Waals surface area contributed by atoms with Crippen LogP contribution >= 0.6 is 0 Å². The van der Waals surface area contributed by atoms with Gasteiger partial charge in [-0.25, -0.2) is 0 Å². The van der Waals surface area contributed by atoms with Crippen LogP contribution in [0.25, 0.3) is 5.57 Å². The Morgan fingerprint density at radius 2 is 2.00 bits per heavy atom. The first-order valence-electron chi connectivity index (χ1n) is 5.12. The van der Waals surface area contributed by atoms with E-state index in [1.165, 1.54) is 0 Å². The Kier molecular flexibility index (Phi) is 3.05. The summed E-state index contributed by atoms with van der Waals surface area (Å²) in [4.78, 5) is 21.2. The van der Waals surface area contributed by atoms with Crippen LogP contribution in [0.3, 0.4) is 0 Å². The number of carbonyl (C=O) groups excluding carboxylic acids is 1. The highest BCUT2D eigenvalue weighted by Crippen LogP contribution is 2.24. The minimum Gasteiger partial charge on any atom is -0.268 e. The molecule has 0 spiro atoms. The van der Waals surface area contributed by atoms with E-state index in [1.807, 2.05) is 42.5 Å². The van der Waals surface area contributed by atoms with E-state index in [1.54, 1.807) is 6.08 Å². The molecule has 1 aliphatic carbocycles. The van der Waals surface area contributed by atoms with Crippen LogP contribution in [0.2, 0.25) is 0 Å². The summed E-state index contributed by atoms with van der Waals surface area (Å²) in [6.07, 6.45) is 6.12. The van der Waals surface area contributed by atoms with Crippen LogP contribution in [0.5, 0.6) is 0 Å². The molecule has 80 valence electrons. The largest absolute Gasteiger partial charge is 0.293 e. The summed E-state index contributed by atoms with van der Waals surface area (Å²) in [6.45, 7) is 0. The minimum absolute atomic E-state index is 0.384. The van der Waals surface area contributed by atoms with Gasteiger partial charge in [0.05, 0.1) is 5.92 Å². The fourth-order valence-electron chi connectivity index (χ4n) is 1.72. The van der Waals surface area contributed by atoms with Gasteiger partial charge < -0.3 is 0 Å². The number of amides is 1. The molecule has 0 aromatic heterocycles. The molecule has 2 rings (SSSR count). The van der Waals surface area contributed by atoms with Gasteiger partial charge in [0, 0.05) is 5.18 Å². The molecule has 3 nitrogen and oxygen atoms in total. The molecule has 1 unspecified atom stereocenters. The predicted molar refractivity (Wildman–Crippen MR) is 62.5 cm³/mol. The lowest BCUT2D eigenvalue weighted by atomic mass is 9.93. The number of hydrogen-bond acceptors (Lipinski definition) is 2. The predicted octanol–water partition coefficient (Wildman–Crippen LogP) is 2.94. The van der Waals surface area contributed by atoms with E-state index in [9.17, 15) is 9.70 Å². The first-order valence-corrected chi connectivity index (χ1v) is 5.12. The summed E-state index contributed by atoms with van der Waals surface area (Å²) in [7, 11) is 0. The van der Waals surface area contributed by atoms with Gasteiger partial charge in [0.1, 0.15) is 0 Å². The molecule has 1 aromatic rings. The maximum absolute atomic E-state index is 11.1. The summed E-state index contributed by atoms with van der Waals surface area (Å²) in [5.41, 5.74) is 2.19. The molecule has 0 heterocycles. The second-order valence-corrected chi connectivity index (χ2v) is 3.66. The van der Waals surface area contributed by atoms with Crippen LogP contribution in [0.15, 0.2) is 53.7 Å². The quantitative estimate of drug-likeness (QED) is 0.709. The van der Waals surface area contributed by atoms with Gasteiger partial charge in [-0.2, -0.15) is 0 Å². The third kappa shape index (κ3) is 2.14. The summed E-state index contributed by atoms with van der Waals surface area (Å²) in [5.74, 6) is -0.982. The smallest absolute Gasteiger partial charge is 0.268 e. The first kappa shape index (κ1) is 10.5. The number of benzene rings is 1. The zero-order valence-corrected chi connectivity index (χ0v) is 8.67. The number of rotatable bonds is 2. The zero-order valence-electron chi connectivity index (χ0n) is 8.67. The maximum Gasteiger partial charge on any atom is 0.293 e. The van der Waals surface area contributed by atoms with Crippen molar-refractivity contribution in [3.05, 3.63) is 59.0 Å². The molecular formula is C13H11NO2. The van der Waals surface area contributed by atoms with E-state index in [-0.39, 0.29) is 5.92 Å². The number of nitrogens with zero attached hydrogens (tertiary/aromatic N) is 1. The van der Waals surface area contributed by atoms with Gasteiger partial charge in [-0.05, 0) is 17.6 Å². The number of allylic oxidation sites excluding steroid dienone is 3. The van der Waals surface area contributed by atoms with Crippen molar-refractivity contribution >= 4 is 11.5 Å². The first-order chi connectivity index (χ1) is 7.81. The summed E-state index contributed by atoms with van der Waals surface area (Å²) in [5, 5.41) is 2.44. The van der Waals surface area contributed by atoms with Gasteiger partial charge in [0.25, 0.3) is 5.91 Å². The van der Waals surface area contributed by atoms with Crippen molar-refractivity contribution in [2.24, 2.45) is 11.1 Å². The second-order valence-electron chi connectivity index (χ2n) is 3.66. The lowest BCUT2D eigenvalue weighted by molar-refractivity contribution is -0.120. The molecule has 1 amide bonds. The van der Waals surface area contributed by atoms with Gasteiger partial charge in [-0.15, -0.1) is 4.91 Å². The van der Waals surface area contributed by atoms with Crippen LogP contribution in [0.1, 0.15) is 12.0 Å². The topological polar surface area (TPSA) is 46.5 Å². The second kappa shape index (κ2) is 4.66. The van der Waals surface area contributed by atoms with Crippen molar-refractivity contribution in [2.75, 3.05) is 0 Å². The van der Waals surface area contributed by atoms with Crippen LogP contribution < -0.4 is 0 Å². The third-order valence-electron chi connectivity index (χ3n) is 2.61. The van der Waals surface area contributed by atoms with Crippen molar-refractivity contribution in [3.63, 3.8) is 0 Å². The Morgan fingerprint density at radius 1 is 1.25 bits per heavy atom. The normalized spacial score (nSPS) is 19.0. The molecule has 0 bridgehead atoms. The standard InChI is InChI=1S/C13H11NO2/c15-13(14-16)12-8-6-11(7-9-12)10-4-2-1-3-5-10/h1-8,12H,9H2. The molecule has 1 aromatic carbocycles. The SMILES string of the molecule is O=NC(=O)C1C=CC(c2ccccc2)=CC1. The van der Waals surface area contributed by atoms with E-state index in [0.717, 1.165) is 11.1 Å². The Labute approximate surface area is 93.5 Å². The number of carbonyl (C=O) groups is 1. The molecule has 16 heavy (non-hydrogen) atoms. The van der Waals surface area contributed by atoms with Crippen molar-refractivity contribution in [2.45, 2.75) is 6.42 Å². The average molecular weight is 213 g/mol. The van der Waals surface area contributed by atoms with Crippen molar-refractivity contribution in [3.8, 4) is 0 Å². The van der Waals surface area contributed by atoms with Gasteiger partial charge in [0.15, 0.2) is 0 Å². The molecule has 0 aliphatic heterocycles. The molecular weight excluding hydrogens is 202 g/mol. The fraction of sp³-hybridized carbons (Fsp3) is 0.154. The van der Waals surface area contributed by atoms with E-state index in [2.05, 4.69) is 5.18 Å². The summed E-state index contributed by atoms with van der Waals surface area (Å²) < 4.78 is 0. The molecule has 0 radical (unpaired) electrons. The van der Waals surface area contributed by atoms with Gasteiger partial charge in [-0.1, -0.05) is 48.6 Å². The van der Waals surface area contributed by atoms with Crippen LogP contribution in [-0.2, 0) is 4.79 Å². The number of nitroso groups, excluding NO2 is 1. The maximum atomic E-state index is 11.1. The molecule has 0 saturated heterocycles. The highest BCUT2D eigenvalue weighted by molar-refractivity contribution is 5.84.